The lowest BCUT2D eigenvalue weighted by Crippen LogP contribution is -2.24. The highest BCUT2D eigenvalue weighted by atomic mass is 31.2. The van der Waals surface area contributed by atoms with Crippen molar-refractivity contribution in [1.29, 1.82) is 0 Å². The van der Waals surface area contributed by atoms with Crippen molar-refractivity contribution in [2.45, 2.75) is 197 Å². The van der Waals surface area contributed by atoms with Gasteiger partial charge in [0.25, 0.3) is 0 Å². The van der Waals surface area contributed by atoms with Crippen LogP contribution >= 0.6 is 15.6 Å². The molecule has 6 rings (SSSR count). The normalized spacial score (nSPS) is 16.4. The summed E-state index contributed by atoms with van der Waals surface area (Å²) < 4.78 is 70.2. The van der Waals surface area contributed by atoms with Crippen LogP contribution in [0, 0.1) is 0 Å². The van der Waals surface area contributed by atoms with Gasteiger partial charge in [0.2, 0.25) is 0 Å². The third-order valence-electron chi connectivity index (χ3n) is 12.6. The lowest BCUT2D eigenvalue weighted by molar-refractivity contribution is 0.257. The highest BCUT2D eigenvalue weighted by molar-refractivity contribution is 7.52. The van der Waals surface area contributed by atoms with Gasteiger partial charge in [0.1, 0.15) is 23.0 Å². The van der Waals surface area contributed by atoms with Crippen LogP contribution in [0.15, 0.2) is 48.5 Å². The van der Waals surface area contributed by atoms with E-state index in [4.69, 9.17) is 25.2 Å². The molecule has 0 aromatic heterocycles. The van der Waals surface area contributed by atoms with Crippen molar-refractivity contribution in [3.63, 3.8) is 0 Å². The summed E-state index contributed by atoms with van der Waals surface area (Å²) in [5, 5.41) is 0. The molecule has 0 bridgehead atoms. The molecule has 0 fully saturated rings. The third kappa shape index (κ3) is 11.3. The van der Waals surface area contributed by atoms with E-state index < -0.39 is 42.4 Å². The molecule has 2 aliphatic rings. The molecule has 2 aliphatic heterocycles. The van der Waals surface area contributed by atoms with E-state index in [1.807, 2.05) is 0 Å². The van der Waals surface area contributed by atoms with E-state index in [-0.39, 0.29) is 21.7 Å². The Morgan fingerprint density at radius 1 is 0.415 bits per heavy atom. The van der Waals surface area contributed by atoms with Crippen molar-refractivity contribution < 1.29 is 34.4 Å². The Labute approximate surface area is 398 Å². The van der Waals surface area contributed by atoms with Crippen LogP contribution in [0.4, 0.5) is 0 Å². The number of phosphoric acid groups is 2. The number of benzene rings is 4. The number of phosphoric ester groups is 2. The Morgan fingerprint density at radius 3 is 0.938 bits per heavy atom. The molecule has 353 valence electrons. The van der Waals surface area contributed by atoms with Crippen LogP contribution in [0.3, 0.4) is 0 Å². The molecule has 0 spiro atoms. The van der Waals surface area contributed by atoms with Crippen LogP contribution in [-0.2, 0) is 74.5 Å². The molecule has 0 saturated carbocycles. The first-order valence-electron chi connectivity index (χ1n) is 23.4. The fourth-order valence-corrected chi connectivity index (χ4v) is 12.2. The molecule has 65 heavy (non-hydrogen) atoms. The molecular weight excluding hydrogens is 866 g/mol. The van der Waals surface area contributed by atoms with Gasteiger partial charge in [-0.15, -0.1) is 0 Å². The first-order valence-corrected chi connectivity index (χ1v) is 27.3. The maximum absolute atomic E-state index is 15.7. The number of rotatable bonds is 6. The molecular formula is C54H76AlO8P2. The van der Waals surface area contributed by atoms with Crippen LogP contribution in [0.25, 0.3) is 0 Å². The molecule has 0 aliphatic carbocycles. The minimum absolute atomic E-state index is 0.149. The summed E-state index contributed by atoms with van der Waals surface area (Å²) in [5.74, 6) is 1.84. The van der Waals surface area contributed by atoms with E-state index in [1.54, 1.807) is 0 Å². The van der Waals surface area contributed by atoms with Crippen LogP contribution in [0.1, 0.15) is 205 Å². The van der Waals surface area contributed by atoms with E-state index in [1.165, 1.54) is 0 Å². The zero-order valence-corrected chi connectivity index (χ0v) is 46.1. The van der Waals surface area contributed by atoms with Crippen LogP contribution in [0.2, 0.25) is 0 Å². The first kappa shape index (κ1) is 51.4. The fraction of sp³-hybridized carbons (Fsp3) is 0.556. The Kier molecular flexibility index (Phi) is 13.8. The molecule has 0 unspecified atom stereocenters. The highest BCUT2D eigenvalue weighted by Gasteiger charge is 2.44. The molecule has 11 heteroatoms. The van der Waals surface area contributed by atoms with Gasteiger partial charge in [0.05, 0.1) is 0 Å². The van der Waals surface area contributed by atoms with Gasteiger partial charge < -0.3 is 25.2 Å². The summed E-state index contributed by atoms with van der Waals surface area (Å²) in [4.78, 5) is 0. The second kappa shape index (κ2) is 17.5. The van der Waals surface area contributed by atoms with E-state index in [0.29, 0.717) is 48.7 Å². The number of aryl methyl sites for hydroxylation is 2. The molecule has 8 nitrogen and oxygen atoms in total. The summed E-state index contributed by atoms with van der Waals surface area (Å²) in [6.45, 7) is 43.2. The van der Waals surface area contributed by atoms with Gasteiger partial charge in [-0.2, -0.15) is 0 Å². The average Bonchev–Trinajstić information content (AvgIpc) is 3.13. The van der Waals surface area contributed by atoms with Gasteiger partial charge in [-0.05, 0) is 101 Å². The van der Waals surface area contributed by atoms with Crippen molar-refractivity contribution in [3.8, 4) is 23.0 Å². The highest BCUT2D eigenvalue weighted by Crippen LogP contribution is 2.60. The molecule has 0 N–H and O–H groups in total. The minimum Gasteiger partial charge on any atom is -0.396 e. The predicted molar refractivity (Wildman–Crippen MR) is 268 cm³/mol. The van der Waals surface area contributed by atoms with Crippen LogP contribution < -0.4 is 18.1 Å². The Hall–Kier alpha value is -3.01. The number of fused-ring (bicyclic) bond motifs is 4. The SMILES string of the molecule is CCc1cc(C(C)(C)C)cc2c1OP(=O)([O][Al][O]P1(=O)Oc3c(cc(C(C)(C)C)cc3C(C)(C)C)Cc3cc(C(C)(C)C)cc(C(C)(C)C)c3O1)Oc1c(CC)cc(C(C)(C)C)cc1C2. The Morgan fingerprint density at radius 2 is 0.677 bits per heavy atom. The molecule has 0 saturated heterocycles. The minimum atomic E-state index is -4.60. The zero-order chi connectivity index (χ0) is 48.7. The number of hydrogen-bond acceptors (Lipinski definition) is 8. The molecule has 2 heterocycles. The summed E-state index contributed by atoms with van der Waals surface area (Å²) in [5.41, 5.74) is 10.2. The van der Waals surface area contributed by atoms with Crippen molar-refractivity contribution in [3.05, 3.63) is 115 Å². The Balaban J connectivity index is 1.52. The third-order valence-corrected chi connectivity index (χ3v) is 17.0. The fourth-order valence-electron chi connectivity index (χ4n) is 8.34. The molecule has 4 aromatic carbocycles. The van der Waals surface area contributed by atoms with E-state index >= 15 is 9.13 Å². The van der Waals surface area contributed by atoms with Gasteiger partial charge in [0, 0.05) is 24.0 Å². The lowest BCUT2D eigenvalue weighted by Gasteiger charge is -2.35. The van der Waals surface area contributed by atoms with Crippen LogP contribution in [0.5, 0.6) is 23.0 Å². The van der Waals surface area contributed by atoms with E-state index in [2.05, 4.69) is 187 Å². The van der Waals surface area contributed by atoms with Crippen molar-refractivity contribution in [2.75, 3.05) is 0 Å². The van der Waals surface area contributed by atoms with Gasteiger partial charge >= 0.3 is 31.5 Å². The standard InChI is InChI=1S/C29H43O4P.C25H35O4P.Al/c1-26(2,3)20-14-18-13-19-15-21(27(4,5)6)17-23(29(10,11)12)25(19)33-34(30,31)32-24(18)22(16-20)28(7,8)9;1-9-16-12-20(24(3,4)5)14-18-11-19-15-21(25(6,7)8)13-17(10-2)23(19)29-30(26,27)28-22(16)18;/h14-17H,13H2,1-12H3,(H,30,31);12-15H,9-11H2,1-8H3,(H,26,27);/q;;+2/p-2. The summed E-state index contributed by atoms with van der Waals surface area (Å²) >= 11 is -1.83. The molecule has 0 amide bonds. The molecule has 0 atom stereocenters. The largest absolute Gasteiger partial charge is 0.689 e. The van der Waals surface area contributed by atoms with Crippen LogP contribution in [-0.4, -0.2) is 15.9 Å². The molecule has 1 radical (unpaired) electrons. The Bertz CT molecular complexity index is 2400. The monoisotopic (exact) mass is 941 g/mol. The van der Waals surface area contributed by atoms with Gasteiger partial charge in [-0.1, -0.05) is 187 Å². The van der Waals surface area contributed by atoms with E-state index in [9.17, 15) is 0 Å². The second-order valence-corrected chi connectivity index (χ2v) is 28.8. The zero-order valence-electron chi connectivity index (χ0n) is 43.2. The summed E-state index contributed by atoms with van der Waals surface area (Å²) in [6, 6.07) is 17.2. The predicted octanol–water partition coefficient (Wildman–Crippen LogP) is 15.8. The second-order valence-electron chi connectivity index (χ2n) is 24.4. The first-order chi connectivity index (χ1) is 29.5. The molecule has 4 aromatic rings. The topological polar surface area (TPSA) is 89.5 Å². The van der Waals surface area contributed by atoms with Crippen molar-refractivity contribution >= 4 is 31.5 Å². The smallest absolute Gasteiger partial charge is 0.396 e. The van der Waals surface area contributed by atoms with Gasteiger partial charge in [-0.3, -0.25) is 0 Å². The lowest BCUT2D eigenvalue weighted by atomic mass is 9.76. The summed E-state index contributed by atoms with van der Waals surface area (Å²) in [6.07, 6.45) is 2.25. The maximum Gasteiger partial charge on any atom is 0.689 e. The maximum atomic E-state index is 15.7. The van der Waals surface area contributed by atoms with E-state index in [0.717, 1.165) is 66.8 Å². The van der Waals surface area contributed by atoms with Gasteiger partial charge in [0.15, 0.2) is 0 Å². The number of hydrogen-bond donors (Lipinski definition) is 0. The van der Waals surface area contributed by atoms with Gasteiger partial charge in [-0.25, -0.2) is 9.13 Å². The quantitative estimate of drug-likeness (QED) is 0.139. The summed E-state index contributed by atoms with van der Waals surface area (Å²) in [7, 11) is -9.14. The van der Waals surface area contributed by atoms with Crippen molar-refractivity contribution in [1.82, 2.24) is 0 Å². The average molecular weight is 942 g/mol. The van der Waals surface area contributed by atoms with Crippen molar-refractivity contribution in [2.24, 2.45) is 0 Å².